The van der Waals surface area contributed by atoms with Crippen LogP contribution in [-0.2, 0) is 9.59 Å². The van der Waals surface area contributed by atoms with Gasteiger partial charge >= 0.3 is 5.97 Å². The third-order valence-corrected chi connectivity index (χ3v) is 0.889. The van der Waals surface area contributed by atoms with Gasteiger partial charge in [0.25, 0.3) is 0 Å². The summed E-state index contributed by atoms with van der Waals surface area (Å²) in [6, 6.07) is 0. The summed E-state index contributed by atoms with van der Waals surface area (Å²) in [5, 5.41) is 25.5. The minimum Gasteiger partial charge on any atom is -0.478 e. The zero-order chi connectivity index (χ0) is 11.0. The van der Waals surface area contributed by atoms with Crippen molar-refractivity contribution in [2.75, 3.05) is 7.11 Å². The standard InChI is InChI=1S/C6H9NO4.CH4O/c1-3(2)4(8)7-5(9)6(10)11;1-2/h5,9H,1H2,2H3,(H,7,8)(H,10,11);2H,1H3. The second-order valence-corrected chi connectivity index (χ2v) is 1.99. The van der Waals surface area contributed by atoms with Gasteiger partial charge in [-0.25, -0.2) is 4.79 Å². The number of aliphatic hydroxyl groups excluding tert-OH is 2. The highest BCUT2D eigenvalue weighted by Gasteiger charge is 2.15. The SMILES string of the molecule is C=C(C)C(=O)NC(O)C(=O)O.CO. The summed E-state index contributed by atoms with van der Waals surface area (Å²) in [5.41, 5.74) is 0.144. The molecule has 0 radical (unpaired) electrons. The van der Waals surface area contributed by atoms with E-state index in [-0.39, 0.29) is 5.57 Å². The van der Waals surface area contributed by atoms with Gasteiger partial charge < -0.3 is 20.6 Å². The first-order valence-electron chi connectivity index (χ1n) is 3.27. The number of aliphatic hydroxyl groups is 2. The smallest absolute Gasteiger partial charge is 0.353 e. The Bertz CT molecular complexity index is 201. The molecule has 0 aliphatic carbocycles. The summed E-state index contributed by atoms with van der Waals surface area (Å²) in [6.45, 7) is 4.66. The maximum Gasteiger partial charge on any atom is 0.353 e. The van der Waals surface area contributed by atoms with Gasteiger partial charge in [-0.15, -0.1) is 0 Å². The number of carboxylic acids is 1. The number of carbonyl (C=O) groups is 2. The highest BCUT2D eigenvalue weighted by molar-refractivity contribution is 5.94. The van der Waals surface area contributed by atoms with Crippen molar-refractivity contribution in [2.24, 2.45) is 0 Å². The molecular formula is C7H13NO5. The van der Waals surface area contributed by atoms with Crippen LogP contribution in [0.1, 0.15) is 6.92 Å². The predicted molar refractivity (Wildman–Crippen MR) is 44.7 cm³/mol. The molecule has 0 fully saturated rings. The van der Waals surface area contributed by atoms with Crippen LogP contribution in [0.5, 0.6) is 0 Å². The van der Waals surface area contributed by atoms with E-state index in [1.807, 2.05) is 0 Å². The lowest BCUT2D eigenvalue weighted by molar-refractivity contribution is -0.150. The fourth-order valence-electron chi connectivity index (χ4n) is 0.309. The Morgan fingerprint density at radius 3 is 2.00 bits per heavy atom. The first-order chi connectivity index (χ1) is 5.95. The molecule has 13 heavy (non-hydrogen) atoms. The third-order valence-electron chi connectivity index (χ3n) is 0.889. The first-order valence-corrected chi connectivity index (χ1v) is 3.27. The van der Waals surface area contributed by atoms with Crippen LogP contribution < -0.4 is 5.32 Å². The lowest BCUT2D eigenvalue weighted by Gasteiger charge is -2.06. The number of rotatable bonds is 3. The van der Waals surface area contributed by atoms with Gasteiger partial charge in [-0.3, -0.25) is 4.79 Å². The van der Waals surface area contributed by atoms with Gasteiger partial charge in [0.15, 0.2) is 0 Å². The molecule has 0 aromatic carbocycles. The van der Waals surface area contributed by atoms with Gasteiger partial charge in [-0.2, -0.15) is 0 Å². The third kappa shape index (κ3) is 6.98. The molecule has 0 bridgehead atoms. The lowest BCUT2D eigenvalue weighted by atomic mass is 10.3. The number of carboxylic acid groups (broad SMARTS) is 1. The van der Waals surface area contributed by atoms with Crippen LogP contribution in [0, 0.1) is 0 Å². The fraction of sp³-hybridized carbons (Fsp3) is 0.429. The molecule has 0 saturated carbocycles. The van der Waals surface area contributed by atoms with Crippen molar-refractivity contribution in [1.29, 1.82) is 0 Å². The summed E-state index contributed by atoms with van der Waals surface area (Å²) >= 11 is 0. The summed E-state index contributed by atoms with van der Waals surface area (Å²) in [4.78, 5) is 20.6. The second-order valence-electron chi connectivity index (χ2n) is 1.99. The van der Waals surface area contributed by atoms with Crippen LogP contribution in [0.4, 0.5) is 0 Å². The molecule has 76 valence electrons. The maximum absolute atomic E-state index is 10.6. The molecule has 0 aliphatic heterocycles. The van der Waals surface area contributed by atoms with Gasteiger partial charge in [0, 0.05) is 12.7 Å². The number of nitrogens with one attached hydrogen (secondary N) is 1. The van der Waals surface area contributed by atoms with E-state index in [0.717, 1.165) is 7.11 Å². The molecular weight excluding hydrogens is 178 g/mol. The summed E-state index contributed by atoms with van der Waals surface area (Å²) in [7, 11) is 1.00. The van der Waals surface area contributed by atoms with Gasteiger partial charge in [0.05, 0.1) is 0 Å². The molecule has 6 nitrogen and oxygen atoms in total. The van der Waals surface area contributed by atoms with Crippen LogP contribution in [0.2, 0.25) is 0 Å². The van der Waals surface area contributed by atoms with E-state index in [9.17, 15) is 9.59 Å². The Labute approximate surface area is 75.5 Å². The van der Waals surface area contributed by atoms with Crippen LogP contribution >= 0.6 is 0 Å². The average Bonchev–Trinajstić information content (AvgIpc) is 2.07. The Hall–Kier alpha value is -1.40. The molecule has 1 unspecified atom stereocenters. The van der Waals surface area contributed by atoms with E-state index >= 15 is 0 Å². The Morgan fingerprint density at radius 1 is 1.38 bits per heavy atom. The fourth-order valence-corrected chi connectivity index (χ4v) is 0.309. The zero-order valence-corrected chi connectivity index (χ0v) is 7.44. The summed E-state index contributed by atoms with van der Waals surface area (Å²) in [5.74, 6) is -2.18. The van der Waals surface area contributed by atoms with E-state index in [1.54, 1.807) is 5.32 Å². The van der Waals surface area contributed by atoms with Crippen molar-refractivity contribution >= 4 is 11.9 Å². The van der Waals surface area contributed by atoms with E-state index < -0.39 is 18.1 Å². The van der Waals surface area contributed by atoms with Gasteiger partial charge in [0.1, 0.15) is 0 Å². The minimum atomic E-state index is -1.86. The van der Waals surface area contributed by atoms with E-state index in [1.165, 1.54) is 6.92 Å². The van der Waals surface area contributed by atoms with Gasteiger partial charge in [0.2, 0.25) is 12.1 Å². The van der Waals surface area contributed by atoms with E-state index in [4.69, 9.17) is 15.3 Å². The van der Waals surface area contributed by atoms with Crippen LogP contribution in [0.25, 0.3) is 0 Å². The summed E-state index contributed by atoms with van der Waals surface area (Å²) in [6.07, 6.45) is -1.86. The molecule has 0 aromatic rings. The quantitative estimate of drug-likeness (QED) is 0.327. The minimum absolute atomic E-state index is 0.144. The average molecular weight is 191 g/mol. The topological polar surface area (TPSA) is 107 Å². The zero-order valence-electron chi connectivity index (χ0n) is 7.44. The van der Waals surface area contributed by atoms with Crippen molar-refractivity contribution in [3.63, 3.8) is 0 Å². The lowest BCUT2D eigenvalue weighted by Crippen LogP contribution is -2.40. The summed E-state index contributed by atoms with van der Waals surface area (Å²) < 4.78 is 0. The molecule has 0 rings (SSSR count). The van der Waals surface area contributed by atoms with Crippen molar-refractivity contribution in [2.45, 2.75) is 13.2 Å². The molecule has 0 saturated heterocycles. The monoisotopic (exact) mass is 191 g/mol. The first kappa shape index (κ1) is 14.1. The molecule has 0 spiro atoms. The Morgan fingerprint density at radius 2 is 1.77 bits per heavy atom. The number of amides is 1. The van der Waals surface area contributed by atoms with Crippen LogP contribution in [0.15, 0.2) is 12.2 Å². The highest BCUT2D eigenvalue weighted by atomic mass is 16.4. The number of hydrogen-bond acceptors (Lipinski definition) is 4. The van der Waals surface area contributed by atoms with Gasteiger partial charge in [-0.1, -0.05) is 6.58 Å². The van der Waals surface area contributed by atoms with Crippen molar-refractivity contribution in [1.82, 2.24) is 5.32 Å². The number of hydrogen-bond donors (Lipinski definition) is 4. The molecule has 6 heteroatoms. The highest BCUT2D eigenvalue weighted by Crippen LogP contribution is 1.87. The van der Waals surface area contributed by atoms with Crippen LogP contribution in [-0.4, -0.2) is 40.5 Å². The number of carbonyl (C=O) groups excluding carboxylic acids is 1. The molecule has 0 aromatic heterocycles. The Kier molecular flexibility index (Phi) is 7.90. The molecule has 0 heterocycles. The van der Waals surface area contributed by atoms with Gasteiger partial charge in [-0.05, 0) is 6.92 Å². The Balaban J connectivity index is 0. The molecule has 1 amide bonds. The van der Waals surface area contributed by atoms with E-state index in [2.05, 4.69) is 6.58 Å². The largest absolute Gasteiger partial charge is 0.478 e. The van der Waals surface area contributed by atoms with E-state index in [0.29, 0.717) is 0 Å². The number of aliphatic carboxylic acids is 1. The molecule has 0 aliphatic rings. The van der Waals surface area contributed by atoms with Crippen molar-refractivity contribution < 1.29 is 24.9 Å². The van der Waals surface area contributed by atoms with Crippen molar-refractivity contribution in [3.8, 4) is 0 Å². The maximum atomic E-state index is 10.6. The molecule has 4 N–H and O–H groups in total. The normalized spacial score (nSPS) is 10.5. The predicted octanol–water partition coefficient (Wildman–Crippen LogP) is -1.31. The van der Waals surface area contributed by atoms with Crippen molar-refractivity contribution in [3.05, 3.63) is 12.2 Å². The van der Waals surface area contributed by atoms with Crippen LogP contribution in [0.3, 0.4) is 0 Å². The second kappa shape index (κ2) is 7.26. The molecule has 1 atom stereocenters.